The van der Waals surface area contributed by atoms with Crippen molar-refractivity contribution in [2.75, 3.05) is 40.3 Å². The van der Waals surface area contributed by atoms with E-state index in [1.54, 1.807) is 19.0 Å². The van der Waals surface area contributed by atoms with Gasteiger partial charge in [0.05, 0.1) is 6.42 Å². The molecule has 0 aliphatic carbocycles. The molecule has 1 fully saturated rings. The molecule has 1 heterocycles. The number of rotatable bonds is 6. The first-order valence-electron chi connectivity index (χ1n) is 6.87. The van der Waals surface area contributed by atoms with E-state index in [0.717, 1.165) is 19.5 Å². The van der Waals surface area contributed by atoms with Crippen molar-refractivity contribution >= 4 is 12.0 Å². The molecule has 2 amide bonds. The largest absolute Gasteiger partial charge is 0.481 e. The minimum Gasteiger partial charge on any atom is -0.481 e. The summed E-state index contributed by atoms with van der Waals surface area (Å²) in [6.07, 6.45) is 2.31. The minimum absolute atomic E-state index is 0.0133. The van der Waals surface area contributed by atoms with E-state index in [1.165, 1.54) is 11.3 Å². The van der Waals surface area contributed by atoms with Gasteiger partial charge in [-0.15, -0.1) is 0 Å². The monoisotopic (exact) mass is 271 g/mol. The van der Waals surface area contributed by atoms with Gasteiger partial charge in [0.15, 0.2) is 0 Å². The number of likely N-dealkylation sites (N-methyl/N-ethyl adjacent to an activating group) is 2. The summed E-state index contributed by atoms with van der Waals surface area (Å²) in [4.78, 5) is 28.1. The molecule has 1 unspecified atom stereocenters. The van der Waals surface area contributed by atoms with Crippen LogP contribution in [0.5, 0.6) is 0 Å². The maximum atomic E-state index is 12.1. The fourth-order valence-electron chi connectivity index (χ4n) is 2.56. The van der Waals surface area contributed by atoms with Crippen LogP contribution in [0.2, 0.25) is 0 Å². The van der Waals surface area contributed by atoms with E-state index in [1.807, 2.05) is 0 Å². The highest BCUT2D eigenvalue weighted by molar-refractivity contribution is 5.75. The van der Waals surface area contributed by atoms with Gasteiger partial charge in [-0.1, -0.05) is 6.92 Å². The average Bonchev–Trinajstić information content (AvgIpc) is 2.81. The van der Waals surface area contributed by atoms with E-state index in [0.29, 0.717) is 12.6 Å². The number of likely N-dealkylation sites (tertiary alicyclic amines) is 1. The van der Waals surface area contributed by atoms with Crippen LogP contribution in [-0.2, 0) is 4.79 Å². The van der Waals surface area contributed by atoms with E-state index >= 15 is 0 Å². The summed E-state index contributed by atoms with van der Waals surface area (Å²) in [5.74, 6) is -0.879. The summed E-state index contributed by atoms with van der Waals surface area (Å²) in [5, 5.41) is 8.62. The molecule has 19 heavy (non-hydrogen) atoms. The van der Waals surface area contributed by atoms with Gasteiger partial charge in [0.2, 0.25) is 0 Å². The Kier molecular flexibility index (Phi) is 6.08. The van der Waals surface area contributed by atoms with Crippen LogP contribution in [0.25, 0.3) is 0 Å². The van der Waals surface area contributed by atoms with Crippen LogP contribution in [0.4, 0.5) is 4.79 Å². The van der Waals surface area contributed by atoms with Crippen molar-refractivity contribution in [1.82, 2.24) is 14.7 Å². The lowest BCUT2D eigenvalue weighted by atomic mass is 10.2. The highest BCUT2D eigenvalue weighted by Gasteiger charge is 2.26. The molecule has 0 radical (unpaired) electrons. The second-order valence-corrected chi connectivity index (χ2v) is 5.15. The summed E-state index contributed by atoms with van der Waals surface area (Å²) >= 11 is 0. The molecule has 6 heteroatoms. The SMILES string of the molecule is CCN1CCCC1CN(C)C(=O)N(C)CCC(=O)O. The quantitative estimate of drug-likeness (QED) is 0.780. The lowest BCUT2D eigenvalue weighted by Crippen LogP contribution is -2.46. The van der Waals surface area contributed by atoms with Crippen LogP contribution < -0.4 is 0 Å². The number of carboxylic acid groups (broad SMARTS) is 1. The standard InChI is InChI=1S/C13H25N3O3/c1-4-16-8-5-6-11(16)10-15(3)13(19)14(2)9-7-12(17)18/h11H,4-10H2,1-3H3,(H,17,18). The van der Waals surface area contributed by atoms with Crippen LogP contribution in [-0.4, -0.2) is 78.1 Å². The molecule has 1 aliphatic heterocycles. The van der Waals surface area contributed by atoms with E-state index in [4.69, 9.17) is 5.11 Å². The molecule has 0 aromatic rings. The van der Waals surface area contributed by atoms with Crippen molar-refractivity contribution in [2.24, 2.45) is 0 Å². The molecule has 0 saturated carbocycles. The fraction of sp³-hybridized carbons (Fsp3) is 0.846. The second-order valence-electron chi connectivity index (χ2n) is 5.15. The van der Waals surface area contributed by atoms with Gasteiger partial charge in [0, 0.05) is 33.2 Å². The third kappa shape index (κ3) is 4.70. The number of carbonyl (C=O) groups is 2. The number of hydrogen-bond acceptors (Lipinski definition) is 3. The zero-order chi connectivity index (χ0) is 14.4. The van der Waals surface area contributed by atoms with Gasteiger partial charge in [-0.3, -0.25) is 9.69 Å². The second kappa shape index (κ2) is 7.33. The van der Waals surface area contributed by atoms with Gasteiger partial charge in [-0.2, -0.15) is 0 Å². The summed E-state index contributed by atoms with van der Waals surface area (Å²) in [5.41, 5.74) is 0. The Morgan fingerprint density at radius 3 is 2.58 bits per heavy atom. The molecule has 0 aromatic heterocycles. The normalized spacial score (nSPS) is 19.4. The number of carbonyl (C=O) groups excluding carboxylic acids is 1. The average molecular weight is 271 g/mol. The number of carboxylic acids is 1. The zero-order valence-corrected chi connectivity index (χ0v) is 12.1. The molecule has 6 nitrogen and oxygen atoms in total. The summed E-state index contributed by atoms with van der Waals surface area (Å²) in [7, 11) is 3.43. The molecule has 0 bridgehead atoms. The van der Waals surface area contributed by atoms with Crippen molar-refractivity contribution in [1.29, 1.82) is 0 Å². The third-order valence-corrected chi connectivity index (χ3v) is 3.70. The van der Waals surface area contributed by atoms with Crippen molar-refractivity contribution in [3.8, 4) is 0 Å². The van der Waals surface area contributed by atoms with Crippen LogP contribution in [0, 0.1) is 0 Å². The lowest BCUT2D eigenvalue weighted by Gasteiger charge is -2.30. The number of amides is 2. The Balaban J connectivity index is 2.41. The first-order valence-corrected chi connectivity index (χ1v) is 6.87. The maximum Gasteiger partial charge on any atom is 0.319 e. The zero-order valence-electron chi connectivity index (χ0n) is 12.1. The molecular weight excluding hydrogens is 246 g/mol. The summed E-state index contributed by atoms with van der Waals surface area (Å²) in [6, 6.07) is 0.330. The van der Waals surface area contributed by atoms with Gasteiger partial charge in [0.25, 0.3) is 0 Å². The van der Waals surface area contributed by atoms with Crippen LogP contribution in [0.3, 0.4) is 0 Å². The first kappa shape index (κ1) is 15.8. The molecule has 1 rings (SSSR count). The minimum atomic E-state index is -0.879. The van der Waals surface area contributed by atoms with Crippen molar-refractivity contribution in [3.63, 3.8) is 0 Å². The molecule has 110 valence electrons. The Hall–Kier alpha value is -1.30. The Morgan fingerprint density at radius 2 is 2.00 bits per heavy atom. The van der Waals surface area contributed by atoms with Gasteiger partial charge in [0.1, 0.15) is 0 Å². The van der Waals surface area contributed by atoms with Crippen molar-refractivity contribution < 1.29 is 14.7 Å². The molecule has 0 aromatic carbocycles. The lowest BCUT2D eigenvalue weighted by molar-refractivity contribution is -0.137. The van der Waals surface area contributed by atoms with Gasteiger partial charge < -0.3 is 14.9 Å². The van der Waals surface area contributed by atoms with E-state index in [2.05, 4.69) is 11.8 Å². The third-order valence-electron chi connectivity index (χ3n) is 3.70. The molecule has 0 spiro atoms. The van der Waals surface area contributed by atoms with E-state index in [9.17, 15) is 9.59 Å². The predicted molar refractivity (Wildman–Crippen MR) is 73.2 cm³/mol. The smallest absolute Gasteiger partial charge is 0.319 e. The molecular formula is C13H25N3O3. The van der Waals surface area contributed by atoms with Gasteiger partial charge in [-0.25, -0.2) is 4.79 Å². The number of aliphatic carboxylic acids is 1. The molecule has 1 aliphatic rings. The molecule has 1 atom stereocenters. The highest BCUT2D eigenvalue weighted by atomic mass is 16.4. The maximum absolute atomic E-state index is 12.1. The van der Waals surface area contributed by atoms with E-state index in [-0.39, 0.29) is 19.0 Å². The summed E-state index contributed by atoms with van der Waals surface area (Å²) in [6.45, 7) is 5.23. The summed E-state index contributed by atoms with van der Waals surface area (Å²) < 4.78 is 0. The Bertz CT molecular complexity index is 322. The fourth-order valence-corrected chi connectivity index (χ4v) is 2.56. The van der Waals surface area contributed by atoms with Crippen molar-refractivity contribution in [2.45, 2.75) is 32.2 Å². The Labute approximate surface area is 115 Å². The van der Waals surface area contributed by atoms with Gasteiger partial charge >= 0.3 is 12.0 Å². The number of nitrogens with zero attached hydrogens (tertiary/aromatic N) is 3. The van der Waals surface area contributed by atoms with Crippen LogP contribution in [0.15, 0.2) is 0 Å². The van der Waals surface area contributed by atoms with Gasteiger partial charge in [-0.05, 0) is 25.9 Å². The number of urea groups is 1. The van der Waals surface area contributed by atoms with E-state index < -0.39 is 5.97 Å². The predicted octanol–water partition coefficient (Wildman–Crippen LogP) is 0.929. The first-order chi connectivity index (χ1) is 8.95. The van der Waals surface area contributed by atoms with Crippen LogP contribution in [0.1, 0.15) is 26.2 Å². The topological polar surface area (TPSA) is 64.1 Å². The molecule has 1 N–H and O–H groups in total. The highest BCUT2D eigenvalue weighted by Crippen LogP contribution is 2.17. The van der Waals surface area contributed by atoms with Crippen LogP contribution >= 0.6 is 0 Å². The Morgan fingerprint density at radius 1 is 1.32 bits per heavy atom. The number of hydrogen-bond donors (Lipinski definition) is 1. The molecule has 1 saturated heterocycles. The van der Waals surface area contributed by atoms with Crippen molar-refractivity contribution in [3.05, 3.63) is 0 Å².